The third-order valence-electron chi connectivity index (χ3n) is 3.07. The van der Waals surface area contributed by atoms with E-state index < -0.39 is 0 Å². The van der Waals surface area contributed by atoms with Gasteiger partial charge in [-0.25, -0.2) is 4.98 Å². The second-order valence-electron chi connectivity index (χ2n) is 4.68. The predicted molar refractivity (Wildman–Crippen MR) is 92.8 cm³/mol. The van der Waals surface area contributed by atoms with E-state index >= 15 is 0 Å². The van der Waals surface area contributed by atoms with E-state index in [0.29, 0.717) is 17.1 Å². The monoisotopic (exact) mass is 348 g/mol. The Hall–Kier alpha value is -1.69. The van der Waals surface area contributed by atoms with Gasteiger partial charge in [0.15, 0.2) is 0 Å². The molecule has 112 valence electrons. The van der Waals surface area contributed by atoms with Crippen LogP contribution in [0.3, 0.4) is 0 Å². The smallest absolute Gasteiger partial charge is 0.253 e. The number of hydrogen-bond donors (Lipinski definition) is 1. The zero-order valence-corrected chi connectivity index (χ0v) is 14.2. The average molecular weight is 349 g/mol. The lowest BCUT2D eigenvalue weighted by molar-refractivity contribution is 0.0951. The molecule has 0 bridgehead atoms. The number of nitrogens with zero attached hydrogens (tertiary/aromatic N) is 1. The number of aromatic nitrogens is 1. The number of thiophene rings is 1. The lowest BCUT2D eigenvalue weighted by Gasteiger charge is -2.05. The van der Waals surface area contributed by atoms with Crippen LogP contribution in [0, 0.1) is 6.92 Å². The number of thiazole rings is 1. The first kappa shape index (κ1) is 15.2. The number of nitrogens with one attached hydrogen (secondary N) is 1. The average Bonchev–Trinajstić information content (AvgIpc) is 3.14. The topological polar surface area (TPSA) is 42.0 Å². The van der Waals surface area contributed by atoms with E-state index in [2.05, 4.69) is 10.3 Å². The van der Waals surface area contributed by atoms with E-state index in [9.17, 15) is 4.79 Å². The van der Waals surface area contributed by atoms with Crippen molar-refractivity contribution in [2.75, 3.05) is 0 Å². The molecule has 2 aromatic heterocycles. The van der Waals surface area contributed by atoms with Gasteiger partial charge in [0, 0.05) is 10.3 Å². The number of amides is 1. The minimum absolute atomic E-state index is 0.162. The number of halogens is 1. The van der Waals surface area contributed by atoms with Crippen LogP contribution >= 0.6 is 34.3 Å². The summed E-state index contributed by atoms with van der Waals surface area (Å²) in [5.41, 5.74) is 1.49. The molecule has 2 heterocycles. The molecule has 0 saturated heterocycles. The summed E-state index contributed by atoms with van der Waals surface area (Å²) in [6, 6.07) is 11.1. The van der Waals surface area contributed by atoms with Crippen LogP contribution in [0.25, 0.3) is 10.6 Å². The van der Waals surface area contributed by atoms with Crippen molar-refractivity contribution in [2.24, 2.45) is 0 Å². The highest BCUT2D eigenvalue weighted by molar-refractivity contribution is 7.16. The fourth-order valence-corrected chi connectivity index (χ4v) is 3.81. The molecule has 0 aliphatic rings. The third kappa shape index (κ3) is 3.38. The lowest BCUT2D eigenvalue weighted by atomic mass is 10.2. The van der Waals surface area contributed by atoms with Crippen LogP contribution in [0.4, 0.5) is 0 Å². The molecule has 0 saturated carbocycles. The highest BCUT2D eigenvalue weighted by atomic mass is 35.5. The Balaban J connectivity index is 1.66. The SMILES string of the molecule is Cc1nc(-c2ccc(CNC(=O)c3ccccc3Cl)s2)cs1. The third-order valence-corrected chi connectivity index (χ3v) is 5.29. The van der Waals surface area contributed by atoms with Crippen molar-refractivity contribution < 1.29 is 4.79 Å². The molecule has 6 heteroatoms. The molecule has 0 fully saturated rings. The summed E-state index contributed by atoms with van der Waals surface area (Å²) in [7, 11) is 0. The van der Waals surface area contributed by atoms with Gasteiger partial charge in [-0.2, -0.15) is 0 Å². The van der Waals surface area contributed by atoms with Gasteiger partial charge >= 0.3 is 0 Å². The van der Waals surface area contributed by atoms with Gasteiger partial charge < -0.3 is 5.32 Å². The van der Waals surface area contributed by atoms with E-state index in [4.69, 9.17) is 11.6 Å². The van der Waals surface area contributed by atoms with Crippen molar-refractivity contribution in [1.29, 1.82) is 0 Å². The van der Waals surface area contributed by atoms with Crippen LogP contribution < -0.4 is 5.32 Å². The Morgan fingerprint density at radius 2 is 2.09 bits per heavy atom. The molecule has 0 aliphatic heterocycles. The normalized spacial score (nSPS) is 10.6. The van der Waals surface area contributed by atoms with Gasteiger partial charge in [-0.05, 0) is 31.2 Å². The summed E-state index contributed by atoms with van der Waals surface area (Å²) >= 11 is 9.30. The van der Waals surface area contributed by atoms with Crippen LogP contribution in [0.15, 0.2) is 41.8 Å². The Kier molecular flexibility index (Phi) is 4.57. The van der Waals surface area contributed by atoms with Crippen molar-refractivity contribution in [1.82, 2.24) is 10.3 Å². The van der Waals surface area contributed by atoms with Gasteiger partial charge in [0.1, 0.15) is 0 Å². The first-order chi connectivity index (χ1) is 10.6. The van der Waals surface area contributed by atoms with Crippen molar-refractivity contribution in [3.8, 4) is 10.6 Å². The molecular formula is C16H13ClN2OS2. The summed E-state index contributed by atoms with van der Waals surface area (Å²) in [4.78, 5) is 18.8. The summed E-state index contributed by atoms with van der Waals surface area (Å²) in [5.74, 6) is -0.162. The lowest BCUT2D eigenvalue weighted by Crippen LogP contribution is -2.22. The van der Waals surface area contributed by atoms with Crippen molar-refractivity contribution in [2.45, 2.75) is 13.5 Å². The maximum Gasteiger partial charge on any atom is 0.253 e. The summed E-state index contributed by atoms with van der Waals surface area (Å²) in [6.07, 6.45) is 0. The molecule has 0 aliphatic carbocycles. The number of benzene rings is 1. The summed E-state index contributed by atoms with van der Waals surface area (Å²) in [6.45, 7) is 2.48. The van der Waals surface area contributed by atoms with Crippen molar-refractivity contribution in [3.05, 3.63) is 62.2 Å². The van der Waals surface area contributed by atoms with Gasteiger partial charge in [-0.15, -0.1) is 22.7 Å². The van der Waals surface area contributed by atoms with E-state index in [1.54, 1.807) is 46.9 Å². The molecule has 1 N–H and O–H groups in total. The van der Waals surface area contributed by atoms with Gasteiger partial charge in [0.05, 0.1) is 32.7 Å². The van der Waals surface area contributed by atoms with E-state index in [1.165, 1.54) is 0 Å². The molecule has 1 amide bonds. The van der Waals surface area contributed by atoms with Gasteiger partial charge in [-0.1, -0.05) is 23.7 Å². The maximum atomic E-state index is 12.1. The Morgan fingerprint density at radius 3 is 2.82 bits per heavy atom. The Labute approximate surface area is 141 Å². The second-order valence-corrected chi connectivity index (χ2v) is 7.32. The van der Waals surface area contributed by atoms with Crippen LogP contribution in [-0.2, 0) is 6.54 Å². The van der Waals surface area contributed by atoms with Crippen molar-refractivity contribution >= 4 is 40.2 Å². The fourth-order valence-electron chi connectivity index (χ4n) is 2.00. The standard InChI is InChI=1S/C16H13ClN2OS2/c1-10-19-14(9-21-10)15-7-6-11(22-15)8-18-16(20)12-4-2-3-5-13(12)17/h2-7,9H,8H2,1H3,(H,18,20). The van der Waals surface area contributed by atoms with Crippen molar-refractivity contribution in [3.63, 3.8) is 0 Å². The first-order valence-corrected chi connectivity index (χ1v) is 8.75. The highest BCUT2D eigenvalue weighted by Gasteiger charge is 2.10. The number of carbonyl (C=O) groups is 1. The van der Waals surface area contributed by atoms with Crippen LogP contribution in [0.1, 0.15) is 20.2 Å². The van der Waals surface area contributed by atoms with Crippen LogP contribution in [0.5, 0.6) is 0 Å². The largest absolute Gasteiger partial charge is 0.347 e. The van der Waals surface area contributed by atoms with E-state index in [-0.39, 0.29) is 5.91 Å². The summed E-state index contributed by atoms with van der Waals surface area (Å²) in [5, 5.41) is 6.46. The van der Waals surface area contributed by atoms with E-state index in [1.807, 2.05) is 24.4 Å². The van der Waals surface area contributed by atoms with Gasteiger partial charge in [0.25, 0.3) is 5.91 Å². The molecule has 1 aromatic carbocycles. The fraction of sp³-hybridized carbons (Fsp3) is 0.125. The molecule has 22 heavy (non-hydrogen) atoms. The minimum atomic E-state index is -0.162. The Morgan fingerprint density at radius 1 is 1.27 bits per heavy atom. The maximum absolute atomic E-state index is 12.1. The highest BCUT2D eigenvalue weighted by Crippen LogP contribution is 2.29. The molecule has 3 aromatic rings. The van der Waals surface area contributed by atoms with Gasteiger partial charge in [0.2, 0.25) is 0 Å². The zero-order valence-electron chi connectivity index (χ0n) is 11.8. The second kappa shape index (κ2) is 6.60. The quantitative estimate of drug-likeness (QED) is 0.738. The molecule has 0 unspecified atom stereocenters. The zero-order chi connectivity index (χ0) is 15.5. The minimum Gasteiger partial charge on any atom is -0.347 e. The first-order valence-electron chi connectivity index (χ1n) is 6.67. The summed E-state index contributed by atoms with van der Waals surface area (Å²) < 4.78 is 0. The number of rotatable bonds is 4. The molecular weight excluding hydrogens is 336 g/mol. The van der Waals surface area contributed by atoms with Crippen LogP contribution in [0.2, 0.25) is 5.02 Å². The van der Waals surface area contributed by atoms with Crippen LogP contribution in [-0.4, -0.2) is 10.9 Å². The number of hydrogen-bond acceptors (Lipinski definition) is 4. The number of carbonyl (C=O) groups excluding carboxylic acids is 1. The molecule has 0 spiro atoms. The molecule has 0 atom stereocenters. The van der Waals surface area contributed by atoms with Gasteiger partial charge in [-0.3, -0.25) is 4.79 Å². The predicted octanol–water partition coefficient (Wildman–Crippen LogP) is 4.76. The van der Waals surface area contributed by atoms with E-state index in [0.717, 1.165) is 20.5 Å². The Bertz CT molecular complexity index is 810. The molecule has 0 radical (unpaired) electrons. The molecule has 3 nitrogen and oxygen atoms in total. The number of aryl methyl sites for hydroxylation is 1. The molecule has 3 rings (SSSR count).